The van der Waals surface area contributed by atoms with Crippen LogP contribution in [0.3, 0.4) is 0 Å². The van der Waals surface area contributed by atoms with E-state index in [9.17, 15) is 23.1 Å². The molecule has 1 atom stereocenters. The molecule has 3 N–H and O–H groups in total. The number of carbonyl (C=O) groups is 1. The topological polar surface area (TPSA) is 70.6 Å². The highest BCUT2D eigenvalue weighted by molar-refractivity contribution is 5.90. The number of ether oxygens (including phenoxy) is 1. The number of amides is 2. The first-order valence-corrected chi connectivity index (χ1v) is 9.37. The zero-order valence-corrected chi connectivity index (χ0v) is 15.7. The van der Waals surface area contributed by atoms with Crippen molar-refractivity contribution >= 4 is 11.7 Å². The third-order valence-corrected chi connectivity index (χ3v) is 5.17. The molecule has 0 radical (unpaired) electrons. The largest absolute Gasteiger partial charge is 0.418 e. The molecule has 1 aliphatic heterocycles. The van der Waals surface area contributed by atoms with Gasteiger partial charge in [0.15, 0.2) is 0 Å². The highest BCUT2D eigenvalue weighted by atomic mass is 19.4. The Bertz CT molecular complexity index is 823. The van der Waals surface area contributed by atoms with Crippen LogP contribution in [0.4, 0.5) is 23.7 Å². The molecule has 0 aliphatic carbocycles. The number of anilines is 1. The van der Waals surface area contributed by atoms with Crippen molar-refractivity contribution in [1.82, 2.24) is 5.32 Å². The van der Waals surface area contributed by atoms with Crippen LogP contribution in [0, 0.1) is 5.92 Å². The summed E-state index contributed by atoms with van der Waals surface area (Å²) < 4.78 is 44.7. The van der Waals surface area contributed by atoms with Gasteiger partial charge in [0.25, 0.3) is 0 Å². The van der Waals surface area contributed by atoms with Gasteiger partial charge in [-0.1, -0.05) is 42.5 Å². The van der Waals surface area contributed by atoms with Gasteiger partial charge in [0, 0.05) is 13.2 Å². The van der Waals surface area contributed by atoms with E-state index in [0.29, 0.717) is 31.6 Å². The Morgan fingerprint density at radius 3 is 2.31 bits per heavy atom. The minimum atomic E-state index is -4.59. The van der Waals surface area contributed by atoms with Crippen molar-refractivity contribution in [2.24, 2.45) is 5.92 Å². The van der Waals surface area contributed by atoms with Crippen molar-refractivity contribution in [2.75, 3.05) is 25.1 Å². The molecule has 1 fully saturated rings. The van der Waals surface area contributed by atoms with E-state index in [1.807, 2.05) is 6.07 Å². The van der Waals surface area contributed by atoms with E-state index >= 15 is 0 Å². The maximum atomic E-state index is 13.1. The summed E-state index contributed by atoms with van der Waals surface area (Å²) in [5.41, 5.74) is -1.99. The number of halogens is 3. The van der Waals surface area contributed by atoms with Gasteiger partial charge < -0.3 is 20.5 Å². The second-order valence-electron chi connectivity index (χ2n) is 7.03. The number of hydrogen-bond acceptors (Lipinski definition) is 3. The van der Waals surface area contributed by atoms with E-state index < -0.39 is 23.4 Å². The summed E-state index contributed by atoms with van der Waals surface area (Å²) in [6, 6.07) is 12.9. The molecule has 156 valence electrons. The second kappa shape index (κ2) is 8.84. The number of hydrogen-bond donors (Lipinski definition) is 3. The molecule has 0 bridgehead atoms. The maximum absolute atomic E-state index is 13.1. The van der Waals surface area contributed by atoms with Crippen molar-refractivity contribution < 1.29 is 27.8 Å². The normalized spacial score (nSPS) is 17.4. The van der Waals surface area contributed by atoms with Gasteiger partial charge in [0.1, 0.15) is 5.60 Å². The molecule has 0 spiro atoms. The molecule has 2 amide bonds. The van der Waals surface area contributed by atoms with Crippen LogP contribution in [-0.4, -0.2) is 30.9 Å². The third kappa shape index (κ3) is 5.07. The van der Waals surface area contributed by atoms with Gasteiger partial charge in [-0.2, -0.15) is 13.2 Å². The Kier molecular flexibility index (Phi) is 6.44. The fourth-order valence-corrected chi connectivity index (χ4v) is 3.60. The van der Waals surface area contributed by atoms with Crippen molar-refractivity contribution in [2.45, 2.75) is 24.6 Å². The summed E-state index contributed by atoms with van der Waals surface area (Å²) in [6.07, 6.45) is -3.35. The standard InChI is InChI=1S/C21H23F3N2O3/c22-21(23,24)17-8-4-5-9-18(17)26-19(27)25-14-20(28,15-6-2-1-3-7-15)16-10-12-29-13-11-16/h1-9,16,28H,10-14H2,(H2,25,26,27)/t20-/m0/s1. The van der Waals surface area contributed by atoms with Crippen LogP contribution in [0.1, 0.15) is 24.0 Å². The van der Waals surface area contributed by atoms with Gasteiger partial charge in [-0.05, 0) is 36.5 Å². The molecule has 29 heavy (non-hydrogen) atoms. The molecule has 0 unspecified atom stereocenters. The highest BCUT2D eigenvalue weighted by Gasteiger charge is 2.40. The number of aliphatic hydroxyl groups is 1. The predicted molar refractivity (Wildman–Crippen MR) is 102 cm³/mol. The van der Waals surface area contributed by atoms with Crippen LogP contribution in [0.15, 0.2) is 54.6 Å². The molecular weight excluding hydrogens is 385 g/mol. The average molecular weight is 408 g/mol. The zero-order valence-electron chi connectivity index (χ0n) is 15.7. The number of alkyl halides is 3. The monoisotopic (exact) mass is 408 g/mol. The number of nitrogens with one attached hydrogen (secondary N) is 2. The summed E-state index contributed by atoms with van der Waals surface area (Å²) in [5.74, 6) is -0.151. The summed E-state index contributed by atoms with van der Waals surface area (Å²) in [5, 5.41) is 16.2. The van der Waals surface area contributed by atoms with Crippen LogP contribution in [0.2, 0.25) is 0 Å². The van der Waals surface area contributed by atoms with Gasteiger partial charge in [0.2, 0.25) is 0 Å². The minimum Gasteiger partial charge on any atom is -0.383 e. The van der Waals surface area contributed by atoms with Gasteiger partial charge in [-0.15, -0.1) is 0 Å². The minimum absolute atomic E-state index is 0.137. The fraction of sp³-hybridized carbons (Fsp3) is 0.381. The lowest BCUT2D eigenvalue weighted by atomic mass is 9.77. The number of para-hydroxylation sites is 1. The average Bonchev–Trinajstić information content (AvgIpc) is 2.73. The van der Waals surface area contributed by atoms with Gasteiger partial charge in [-0.25, -0.2) is 4.79 Å². The number of urea groups is 1. The lowest BCUT2D eigenvalue weighted by Gasteiger charge is -2.39. The Hall–Kier alpha value is -2.58. The SMILES string of the molecule is O=C(NC[C@](O)(c1ccccc1)C1CCOCC1)Nc1ccccc1C(F)(F)F. The van der Waals surface area contributed by atoms with Gasteiger partial charge >= 0.3 is 12.2 Å². The summed E-state index contributed by atoms with van der Waals surface area (Å²) in [6.45, 7) is 0.873. The number of benzene rings is 2. The molecule has 5 nitrogen and oxygen atoms in total. The van der Waals surface area contributed by atoms with Crippen LogP contribution >= 0.6 is 0 Å². The zero-order chi connectivity index (χ0) is 20.9. The van der Waals surface area contributed by atoms with E-state index in [1.54, 1.807) is 24.3 Å². The predicted octanol–water partition coefficient (Wildman–Crippen LogP) is 4.14. The number of carbonyl (C=O) groups excluding carboxylic acids is 1. The van der Waals surface area contributed by atoms with Crippen LogP contribution in [0.25, 0.3) is 0 Å². The summed E-state index contributed by atoms with van der Waals surface area (Å²) >= 11 is 0. The molecule has 1 saturated heterocycles. The van der Waals surface area contributed by atoms with E-state index in [-0.39, 0.29) is 18.2 Å². The van der Waals surface area contributed by atoms with Gasteiger partial charge in [0.05, 0.1) is 17.8 Å². The third-order valence-electron chi connectivity index (χ3n) is 5.17. The summed E-state index contributed by atoms with van der Waals surface area (Å²) in [4.78, 5) is 12.3. The Labute approximate surface area is 166 Å². The van der Waals surface area contributed by atoms with Crippen molar-refractivity contribution in [3.05, 3.63) is 65.7 Å². The molecule has 0 saturated carbocycles. The van der Waals surface area contributed by atoms with Crippen molar-refractivity contribution in [1.29, 1.82) is 0 Å². The van der Waals surface area contributed by atoms with E-state index in [0.717, 1.165) is 6.07 Å². The summed E-state index contributed by atoms with van der Waals surface area (Å²) in [7, 11) is 0. The first-order valence-electron chi connectivity index (χ1n) is 9.37. The Balaban J connectivity index is 1.74. The van der Waals surface area contributed by atoms with E-state index in [4.69, 9.17) is 4.74 Å². The van der Waals surface area contributed by atoms with Crippen LogP contribution < -0.4 is 10.6 Å². The lowest BCUT2D eigenvalue weighted by molar-refractivity contribution is -0.136. The van der Waals surface area contributed by atoms with E-state index in [2.05, 4.69) is 10.6 Å². The Morgan fingerprint density at radius 2 is 1.66 bits per heavy atom. The lowest BCUT2D eigenvalue weighted by Crippen LogP contribution is -2.48. The molecule has 1 heterocycles. The molecule has 8 heteroatoms. The van der Waals surface area contributed by atoms with Crippen LogP contribution in [0.5, 0.6) is 0 Å². The van der Waals surface area contributed by atoms with Crippen molar-refractivity contribution in [3.63, 3.8) is 0 Å². The first-order chi connectivity index (χ1) is 13.8. The fourth-order valence-electron chi connectivity index (χ4n) is 3.60. The molecular formula is C21H23F3N2O3. The smallest absolute Gasteiger partial charge is 0.383 e. The molecule has 0 aromatic heterocycles. The quantitative estimate of drug-likeness (QED) is 0.696. The molecule has 2 aromatic carbocycles. The number of rotatable bonds is 5. The van der Waals surface area contributed by atoms with Crippen LogP contribution in [-0.2, 0) is 16.5 Å². The highest BCUT2D eigenvalue weighted by Crippen LogP contribution is 2.36. The second-order valence-corrected chi connectivity index (χ2v) is 7.03. The molecule has 2 aromatic rings. The first kappa shape index (κ1) is 21.1. The maximum Gasteiger partial charge on any atom is 0.418 e. The van der Waals surface area contributed by atoms with E-state index in [1.165, 1.54) is 18.2 Å². The molecule has 1 aliphatic rings. The van der Waals surface area contributed by atoms with Crippen molar-refractivity contribution in [3.8, 4) is 0 Å². The van der Waals surface area contributed by atoms with Gasteiger partial charge in [-0.3, -0.25) is 0 Å². The molecule has 3 rings (SSSR count). The Morgan fingerprint density at radius 1 is 1.03 bits per heavy atom.